The third-order valence-corrected chi connectivity index (χ3v) is 4.13. The van der Waals surface area contributed by atoms with Crippen molar-refractivity contribution in [2.75, 3.05) is 0 Å². The topological polar surface area (TPSA) is 63.6 Å². The van der Waals surface area contributed by atoms with Crippen LogP contribution in [0, 0.1) is 0 Å². The Kier molecular flexibility index (Phi) is 5.71. The molecule has 0 saturated carbocycles. The van der Waals surface area contributed by atoms with Crippen LogP contribution in [0.4, 0.5) is 0 Å². The van der Waals surface area contributed by atoms with Crippen LogP contribution in [0.2, 0.25) is 10.2 Å². The molecule has 3 aromatic rings. The summed E-state index contributed by atoms with van der Waals surface area (Å²) in [5.74, 6) is 0.156. The molecule has 1 aromatic heterocycles. The maximum atomic E-state index is 12.1. The first kappa shape index (κ1) is 18.2. The van der Waals surface area contributed by atoms with Gasteiger partial charge in [0, 0.05) is 16.0 Å². The van der Waals surface area contributed by atoms with Crippen LogP contribution in [0.5, 0.6) is 5.75 Å². The molecule has 1 atom stereocenters. The molecular formula is C19H15Cl2N3O2. The lowest BCUT2D eigenvalue weighted by atomic mass is 10.2. The number of nitrogens with one attached hydrogen (secondary N) is 1. The zero-order chi connectivity index (χ0) is 18.5. The van der Waals surface area contributed by atoms with Crippen molar-refractivity contribution in [3.8, 4) is 5.75 Å². The molecule has 132 valence electrons. The largest absolute Gasteiger partial charge is 0.481 e. The van der Waals surface area contributed by atoms with Crippen molar-refractivity contribution >= 4 is 46.2 Å². The highest BCUT2D eigenvalue weighted by Gasteiger charge is 2.14. The Morgan fingerprint density at radius 1 is 1.19 bits per heavy atom. The predicted molar refractivity (Wildman–Crippen MR) is 104 cm³/mol. The lowest BCUT2D eigenvalue weighted by Gasteiger charge is -2.12. The number of benzene rings is 2. The molecule has 26 heavy (non-hydrogen) atoms. The molecule has 0 fully saturated rings. The summed E-state index contributed by atoms with van der Waals surface area (Å²) in [5, 5.41) is 5.78. The fourth-order valence-corrected chi connectivity index (χ4v) is 2.55. The van der Waals surface area contributed by atoms with Gasteiger partial charge in [0.25, 0.3) is 5.91 Å². The van der Waals surface area contributed by atoms with Crippen LogP contribution >= 0.6 is 23.2 Å². The molecule has 0 aliphatic carbocycles. The van der Waals surface area contributed by atoms with E-state index in [1.807, 2.05) is 30.3 Å². The molecule has 5 nitrogen and oxygen atoms in total. The van der Waals surface area contributed by atoms with Crippen LogP contribution in [0.25, 0.3) is 10.9 Å². The molecule has 3 rings (SSSR count). The lowest BCUT2D eigenvalue weighted by molar-refractivity contribution is -0.127. The number of halogens is 2. The number of rotatable bonds is 5. The minimum atomic E-state index is -0.724. The van der Waals surface area contributed by atoms with Gasteiger partial charge >= 0.3 is 0 Å². The fourth-order valence-electron chi connectivity index (χ4n) is 2.23. The van der Waals surface area contributed by atoms with Crippen LogP contribution < -0.4 is 10.2 Å². The summed E-state index contributed by atoms with van der Waals surface area (Å²) < 4.78 is 5.53. The molecular weight excluding hydrogens is 373 g/mol. The van der Waals surface area contributed by atoms with E-state index < -0.39 is 6.10 Å². The van der Waals surface area contributed by atoms with Gasteiger partial charge in [-0.15, -0.1) is 0 Å². The van der Waals surface area contributed by atoms with E-state index in [9.17, 15) is 4.79 Å². The standard InChI is InChI=1S/C19H15Cl2N3O2/c1-12(26-16-8-6-15(20)7-9-16)19(25)24-22-11-14-10-13-4-2-3-5-17(13)23-18(14)21/h2-12H,1H3,(H,24,25). The van der Waals surface area contributed by atoms with Gasteiger partial charge in [0.2, 0.25) is 0 Å². The Morgan fingerprint density at radius 2 is 1.92 bits per heavy atom. The minimum absolute atomic E-state index is 0.312. The normalized spacial score (nSPS) is 12.3. The molecule has 1 amide bonds. The third-order valence-electron chi connectivity index (χ3n) is 3.58. The van der Waals surface area contributed by atoms with E-state index in [2.05, 4.69) is 15.5 Å². The molecule has 1 unspecified atom stereocenters. The Balaban J connectivity index is 1.63. The highest BCUT2D eigenvalue weighted by molar-refractivity contribution is 6.32. The molecule has 0 radical (unpaired) electrons. The number of ether oxygens (including phenoxy) is 1. The fraction of sp³-hybridized carbons (Fsp3) is 0.105. The van der Waals surface area contributed by atoms with E-state index in [0.29, 0.717) is 21.5 Å². The average molecular weight is 388 g/mol. The highest BCUT2D eigenvalue weighted by Crippen LogP contribution is 2.19. The van der Waals surface area contributed by atoms with Gasteiger partial charge in [0.05, 0.1) is 11.7 Å². The maximum absolute atomic E-state index is 12.1. The number of fused-ring (bicyclic) bond motifs is 1. The molecule has 0 bridgehead atoms. The molecule has 7 heteroatoms. The number of para-hydroxylation sites is 1. The van der Waals surface area contributed by atoms with E-state index in [1.165, 1.54) is 6.21 Å². The van der Waals surface area contributed by atoms with E-state index in [4.69, 9.17) is 27.9 Å². The second-order valence-electron chi connectivity index (χ2n) is 5.51. The molecule has 1 heterocycles. The summed E-state index contributed by atoms with van der Waals surface area (Å²) in [7, 11) is 0. The number of pyridine rings is 1. The van der Waals surface area contributed by atoms with Gasteiger partial charge < -0.3 is 4.74 Å². The number of hydrogen-bond acceptors (Lipinski definition) is 4. The van der Waals surface area contributed by atoms with Gasteiger partial charge in [0.15, 0.2) is 6.10 Å². The van der Waals surface area contributed by atoms with Crippen molar-refractivity contribution in [1.82, 2.24) is 10.4 Å². The number of hydrogen-bond donors (Lipinski definition) is 1. The number of nitrogens with zero attached hydrogens (tertiary/aromatic N) is 2. The van der Waals surface area contributed by atoms with Crippen LogP contribution in [0.3, 0.4) is 0 Å². The minimum Gasteiger partial charge on any atom is -0.481 e. The highest BCUT2D eigenvalue weighted by atomic mass is 35.5. The summed E-state index contributed by atoms with van der Waals surface area (Å²) >= 11 is 12.0. The molecule has 1 N–H and O–H groups in total. The number of amides is 1. The first-order valence-corrected chi connectivity index (χ1v) is 8.59. The van der Waals surface area contributed by atoms with Crippen molar-refractivity contribution in [1.29, 1.82) is 0 Å². The van der Waals surface area contributed by atoms with Crippen LogP contribution in [-0.2, 0) is 4.79 Å². The SMILES string of the molecule is CC(Oc1ccc(Cl)cc1)C(=O)NN=Cc1cc2ccccc2nc1Cl. The lowest BCUT2D eigenvalue weighted by Crippen LogP contribution is -2.33. The van der Waals surface area contributed by atoms with E-state index in [0.717, 1.165) is 10.9 Å². The summed E-state index contributed by atoms with van der Waals surface area (Å²) in [5.41, 5.74) is 3.83. The van der Waals surface area contributed by atoms with Crippen molar-refractivity contribution < 1.29 is 9.53 Å². The summed E-state index contributed by atoms with van der Waals surface area (Å²) in [6.45, 7) is 1.63. The van der Waals surface area contributed by atoms with Gasteiger partial charge in [-0.25, -0.2) is 10.4 Å². The first-order chi connectivity index (χ1) is 12.5. The van der Waals surface area contributed by atoms with Gasteiger partial charge in [-0.2, -0.15) is 5.10 Å². The van der Waals surface area contributed by atoms with Gasteiger partial charge in [0.1, 0.15) is 10.9 Å². The summed E-state index contributed by atoms with van der Waals surface area (Å²) in [6, 6.07) is 16.2. The zero-order valence-corrected chi connectivity index (χ0v) is 15.3. The molecule has 0 aliphatic heterocycles. The second-order valence-corrected chi connectivity index (χ2v) is 6.30. The van der Waals surface area contributed by atoms with Crippen LogP contribution in [-0.4, -0.2) is 23.2 Å². The number of carbonyl (C=O) groups is 1. The van der Waals surface area contributed by atoms with Crippen molar-refractivity contribution in [3.05, 3.63) is 70.3 Å². The van der Waals surface area contributed by atoms with Gasteiger partial charge in [-0.05, 0) is 43.3 Å². The second kappa shape index (κ2) is 8.17. The quantitative estimate of drug-likeness (QED) is 0.399. The number of aromatic nitrogens is 1. The zero-order valence-electron chi connectivity index (χ0n) is 13.8. The number of carbonyl (C=O) groups excluding carboxylic acids is 1. The third kappa shape index (κ3) is 4.50. The smallest absolute Gasteiger partial charge is 0.280 e. The Labute approximate surface area is 160 Å². The van der Waals surface area contributed by atoms with E-state index in [-0.39, 0.29) is 5.91 Å². The molecule has 0 aliphatic rings. The van der Waals surface area contributed by atoms with Crippen LogP contribution in [0.1, 0.15) is 12.5 Å². The van der Waals surface area contributed by atoms with E-state index >= 15 is 0 Å². The average Bonchev–Trinajstić information content (AvgIpc) is 2.63. The maximum Gasteiger partial charge on any atom is 0.280 e. The van der Waals surface area contributed by atoms with Gasteiger partial charge in [-0.1, -0.05) is 41.4 Å². The molecule has 2 aromatic carbocycles. The van der Waals surface area contributed by atoms with Crippen LogP contribution in [0.15, 0.2) is 59.7 Å². The Hall–Kier alpha value is -2.63. The molecule has 0 spiro atoms. The Morgan fingerprint density at radius 3 is 2.69 bits per heavy atom. The van der Waals surface area contributed by atoms with Crippen molar-refractivity contribution in [2.24, 2.45) is 5.10 Å². The van der Waals surface area contributed by atoms with Crippen molar-refractivity contribution in [2.45, 2.75) is 13.0 Å². The molecule has 0 saturated heterocycles. The first-order valence-electron chi connectivity index (χ1n) is 7.83. The summed E-state index contributed by atoms with van der Waals surface area (Å²) in [4.78, 5) is 16.4. The number of hydrazone groups is 1. The van der Waals surface area contributed by atoms with E-state index in [1.54, 1.807) is 31.2 Å². The summed E-state index contributed by atoms with van der Waals surface area (Å²) in [6.07, 6.45) is 0.729. The predicted octanol–water partition coefficient (Wildman–Crippen LogP) is 4.46. The monoisotopic (exact) mass is 387 g/mol. The Bertz CT molecular complexity index is 959. The van der Waals surface area contributed by atoms with Gasteiger partial charge in [-0.3, -0.25) is 4.79 Å². The van der Waals surface area contributed by atoms with Crippen molar-refractivity contribution in [3.63, 3.8) is 0 Å².